The molecule has 0 aromatic heterocycles. The molecule has 2 nitrogen and oxygen atoms in total. The number of hydrogen-bond acceptors (Lipinski definition) is 2. The van der Waals surface area contributed by atoms with Gasteiger partial charge in [-0.05, 0) is 30.0 Å². The number of benzene rings is 1. The van der Waals surface area contributed by atoms with Crippen LogP contribution in [-0.2, 0) is 10.2 Å². The maximum absolute atomic E-state index is 12.1. The molecule has 0 heterocycles. The lowest BCUT2D eigenvalue weighted by atomic mass is 9.87. The Bertz CT molecular complexity index is 507. The number of hydrogen-bond donors (Lipinski definition) is 1. The highest BCUT2D eigenvalue weighted by Gasteiger charge is 2.36. The Morgan fingerprint density at radius 3 is 2.00 bits per heavy atom. The average molecular weight is 285 g/mol. The van der Waals surface area contributed by atoms with Gasteiger partial charge in [-0.2, -0.15) is 13.2 Å². The van der Waals surface area contributed by atoms with E-state index >= 15 is 0 Å². The van der Waals surface area contributed by atoms with Crippen molar-refractivity contribution >= 4 is 11.5 Å². The Kier molecular flexibility index (Phi) is 4.63. The van der Waals surface area contributed by atoms with E-state index in [-0.39, 0.29) is 11.1 Å². The fourth-order valence-corrected chi connectivity index (χ4v) is 1.60. The second-order valence-corrected chi connectivity index (χ2v) is 5.64. The lowest BCUT2D eigenvalue weighted by Crippen LogP contribution is -2.21. The molecule has 0 bridgehead atoms. The third-order valence-corrected chi connectivity index (χ3v) is 2.72. The Morgan fingerprint density at radius 2 is 1.60 bits per heavy atom. The quantitative estimate of drug-likeness (QED) is 0.832. The van der Waals surface area contributed by atoms with Gasteiger partial charge in [-0.3, -0.25) is 4.79 Å². The standard InChI is InChI=1S/C15H18F3NO/c1-10(9-13(20)15(16,17)18)19-12-7-5-11(6-8-12)14(2,3)4/h5-9,19H,1-4H3/b10-9+. The molecule has 1 rings (SSSR count). The first kappa shape index (κ1) is 16.3. The van der Waals surface area contributed by atoms with Crippen molar-refractivity contribution in [3.05, 3.63) is 41.6 Å². The summed E-state index contributed by atoms with van der Waals surface area (Å²) < 4.78 is 36.3. The molecule has 0 aliphatic heterocycles. The predicted molar refractivity (Wildman–Crippen MR) is 73.6 cm³/mol. The topological polar surface area (TPSA) is 29.1 Å². The first-order valence-electron chi connectivity index (χ1n) is 6.17. The van der Waals surface area contributed by atoms with E-state index in [4.69, 9.17) is 0 Å². The minimum atomic E-state index is -4.83. The zero-order valence-corrected chi connectivity index (χ0v) is 11.9. The second kappa shape index (κ2) is 5.69. The van der Waals surface area contributed by atoms with Crippen molar-refractivity contribution in [2.24, 2.45) is 0 Å². The van der Waals surface area contributed by atoms with E-state index in [1.165, 1.54) is 6.92 Å². The van der Waals surface area contributed by atoms with Gasteiger partial charge in [0.05, 0.1) is 0 Å². The number of carbonyl (C=O) groups is 1. The van der Waals surface area contributed by atoms with Crippen molar-refractivity contribution in [1.29, 1.82) is 0 Å². The number of ketones is 1. The summed E-state index contributed by atoms with van der Waals surface area (Å²) in [4.78, 5) is 10.8. The minimum Gasteiger partial charge on any atom is -0.359 e. The minimum absolute atomic E-state index is 0.00959. The maximum atomic E-state index is 12.1. The third kappa shape index (κ3) is 4.72. The molecule has 1 aromatic rings. The molecule has 0 aliphatic rings. The summed E-state index contributed by atoms with van der Waals surface area (Å²) >= 11 is 0. The van der Waals surface area contributed by atoms with Crippen LogP contribution in [0.15, 0.2) is 36.0 Å². The summed E-state index contributed by atoms with van der Waals surface area (Å²) in [5.74, 6) is -1.87. The van der Waals surface area contributed by atoms with Gasteiger partial charge in [-0.15, -0.1) is 0 Å². The van der Waals surface area contributed by atoms with Crippen LogP contribution in [0, 0.1) is 0 Å². The smallest absolute Gasteiger partial charge is 0.359 e. The van der Waals surface area contributed by atoms with Gasteiger partial charge in [0, 0.05) is 17.5 Å². The molecule has 0 unspecified atom stereocenters. The van der Waals surface area contributed by atoms with Gasteiger partial charge < -0.3 is 5.32 Å². The van der Waals surface area contributed by atoms with Crippen molar-refractivity contribution in [3.63, 3.8) is 0 Å². The molecule has 1 aromatic carbocycles. The number of allylic oxidation sites excluding steroid dienone is 2. The van der Waals surface area contributed by atoms with Gasteiger partial charge in [0.2, 0.25) is 0 Å². The highest BCUT2D eigenvalue weighted by Crippen LogP contribution is 2.24. The van der Waals surface area contributed by atoms with Crippen molar-refractivity contribution in [2.75, 3.05) is 5.32 Å². The second-order valence-electron chi connectivity index (χ2n) is 5.64. The van der Waals surface area contributed by atoms with Crippen molar-refractivity contribution in [3.8, 4) is 0 Å². The number of halogens is 3. The largest absolute Gasteiger partial charge is 0.454 e. The van der Waals surface area contributed by atoms with Gasteiger partial charge in [-0.25, -0.2) is 0 Å². The molecule has 0 fully saturated rings. The van der Waals surface area contributed by atoms with Crippen molar-refractivity contribution in [1.82, 2.24) is 0 Å². The van der Waals surface area contributed by atoms with Crippen LogP contribution in [0.25, 0.3) is 0 Å². The first-order chi connectivity index (χ1) is 9.00. The van der Waals surface area contributed by atoms with Crippen LogP contribution in [0.1, 0.15) is 33.3 Å². The molecule has 5 heteroatoms. The van der Waals surface area contributed by atoms with E-state index in [0.29, 0.717) is 11.8 Å². The molecular weight excluding hydrogens is 267 g/mol. The van der Waals surface area contributed by atoms with Gasteiger partial charge in [0.25, 0.3) is 5.78 Å². The highest BCUT2D eigenvalue weighted by atomic mass is 19.4. The van der Waals surface area contributed by atoms with Gasteiger partial charge in [0.15, 0.2) is 0 Å². The van der Waals surface area contributed by atoms with Gasteiger partial charge in [0.1, 0.15) is 0 Å². The Labute approximate surface area is 116 Å². The van der Waals surface area contributed by atoms with E-state index in [2.05, 4.69) is 26.1 Å². The van der Waals surface area contributed by atoms with E-state index in [9.17, 15) is 18.0 Å². The molecule has 0 aliphatic carbocycles. The number of anilines is 1. The SMILES string of the molecule is C/C(=C\C(=O)C(F)(F)F)Nc1ccc(C(C)(C)C)cc1. The summed E-state index contributed by atoms with van der Waals surface area (Å²) in [6, 6.07) is 7.36. The monoisotopic (exact) mass is 285 g/mol. The average Bonchev–Trinajstić information content (AvgIpc) is 2.26. The van der Waals surface area contributed by atoms with E-state index in [1.54, 1.807) is 12.1 Å². The highest BCUT2D eigenvalue weighted by molar-refractivity contribution is 5.95. The van der Waals surface area contributed by atoms with Crippen LogP contribution < -0.4 is 5.32 Å². The van der Waals surface area contributed by atoms with Gasteiger partial charge in [-0.1, -0.05) is 32.9 Å². The molecule has 0 saturated carbocycles. The van der Waals surface area contributed by atoms with Crippen LogP contribution in [0.5, 0.6) is 0 Å². The summed E-state index contributed by atoms with van der Waals surface area (Å²) in [7, 11) is 0. The van der Waals surface area contributed by atoms with Crippen LogP contribution >= 0.6 is 0 Å². The van der Waals surface area contributed by atoms with Crippen LogP contribution in [0.2, 0.25) is 0 Å². The van der Waals surface area contributed by atoms with Crippen molar-refractivity contribution in [2.45, 2.75) is 39.3 Å². The Morgan fingerprint density at radius 1 is 1.10 bits per heavy atom. The third-order valence-electron chi connectivity index (χ3n) is 2.72. The van der Waals surface area contributed by atoms with Crippen LogP contribution in [-0.4, -0.2) is 12.0 Å². The molecule has 1 N–H and O–H groups in total. The molecule has 110 valence electrons. The van der Waals surface area contributed by atoms with Gasteiger partial charge >= 0.3 is 6.18 Å². The summed E-state index contributed by atoms with van der Waals surface area (Å²) in [5.41, 5.74) is 1.92. The van der Waals surface area contributed by atoms with E-state index in [1.807, 2.05) is 12.1 Å². The lowest BCUT2D eigenvalue weighted by Gasteiger charge is -2.19. The van der Waals surface area contributed by atoms with Crippen molar-refractivity contribution < 1.29 is 18.0 Å². The normalized spacial score (nSPS) is 13.2. The Balaban J connectivity index is 2.79. The molecular formula is C15H18F3NO. The summed E-state index contributed by atoms with van der Waals surface area (Å²) in [5, 5.41) is 2.76. The lowest BCUT2D eigenvalue weighted by molar-refractivity contribution is -0.165. The molecule has 0 radical (unpaired) electrons. The van der Waals surface area contributed by atoms with E-state index in [0.717, 1.165) is 5.56 Å². The number of nitrogens with one attached hydrogen (secondary N) is 1. The number of carbonyl (C=O) groups excluding carboxylic acids is 1. The number of rotatable bonds is 3. The number of alkyl halides is 3. The Hall–Kier alpha value is -1.78. The zero-order chi connectivity index (χ0) is 15.6. The molecule has 20 heavy (non-hydrogen) atoms. The maximum Gasteiger partial charge on any atom is 0.454 e. The zero-order valence-electron chi connectivity index (χ0n) is 11.9. The molecule has 0 spiro atoms. The van der Waals surface area contributed by atoms with Crippen LogP contribution in [0.4, 0.5) is 18.9 Å². The fourth-order valence-electron chi connectivity index (χ4n) is 1.60. The summed E-state index contributed by atoms with van der Waals surface area (Å²) in [6.45, 7) is 7.63. The summed E-state index contributed by atoms with van der Waals surface area (Å²) in [6.07, 6.45) is -4.28. The van der Waals surface area contributed by atoms with E-state index < -0.39 is 12.0 Å². The molecule has 0 saturated heterocycles. The predicted octanol–water partition coefficient (Wildman–Crippen LogP) is 4.43. The fraction of sp³-hybridized carbons (Fsp3) is 0.400. The first-order valence-corrected chi connectivity index (χ1v) is 6.17. The molecule has 0 atom stereocenters. The molecule has 0 amide bonds. The van der Waals surface area contributed by atoms with Crippen LogP contribution in [0.3, 0.4) is 0 Å².